The number of carbonyl (C=O) groups is 2. The molecular formula is C17H23BrN6O2. The molecule has 0 bridgehead atoms. The van der Waals surface area contributed by atoms with Gasteiger partial charge in [0.05, 0.1) is 29.0 Å². The third-order valence-electron chi connectivity index (χ3n) is 4.63. The predicted octanol–water partition coefficient (Wildman–Crippen LogP) is 1.51. The van der Waals surface area contributed by atoms with Gasteiger partial charge in [-0.15, -0.1) is 0 Å². The van der Waals surface area contributed by atoms with E-state index < -0.39 is 11.8 Å². The Bertz CT molecular complexity index is 806. The Balaban J connectivity index is 1.55. The molecule has 0 spiro atoms. The summed E-state index contributed by atoms with van der Waals surface area (Å²) in [5, 5.41) is 8.65. The van der Waals surface area contributed by atoms with Crippen LogP contribution in [0.25, 0.3) is 0 Å². The van der Waals surface area contributed by atoms with Crippen LogP contribution < -0.4 is 0 Å². The summed E-state index contributed by atoms with van der Waals surface area (Å²) in [6.07, 6.45) is 7.28. The van der Waals surface area contributed by atoms with Gasteiger partial charge in [0.15, 0.2) is 0 Å². The molecule has 9 heteroatoms. The molecule has 0 N–H and O–H groups in total. The fraction of sp³-hybridized carbons (Fsp3) is 0.529. The van der Waals surface area contributed by atoms with Gasteiger partial charge in [0.25, 0.3) is 0 Å². The second-order valence-corrected chi connectivity index (χ2v) is 7.63. The molecule has 26 heavy (non-hydrogen) atoms. The minimum atomic E-state index is -0.504. The number of likely N-dealkylation sites (N-methyl/N-ethyl adjacent to an activating group) is 1. The quantitative estimate of drug-likeness (QED) is 0.702. The number of rotatable bonds is 3. The van der Waals surface area contributed by atoms with E-state index in [1.807, 2.05) is 37.2 Å². The van der Waals surface area contributed by atoms with Gasteiger partial charge in [-0.25, -0.2) is 0 Å². The lowest BCUT2D eigenvalue weighted by molar-refractivity contribution is -0.152. The van der Waals surface area contributed by atoms with E-state index in [-0.39, 0.29) is 12.6 Å². The first-order valence-corrected chi connectivity index (χ1v) is 9.37. The molecule has 2 aromatic heterocycles. The Kier molecular flexibility index (Phi) is 5.45. The number of piperidine rings is 1. The van der Waals surface area contributed by atoms with Gasteiger partial charge < -0.3 is 9.80 Å². The Morgan fingerprint density at radius 1 is 1.31 bits per heavy atom. The van der Waals surface area contributed by atoms with Crippen molar-refractivity contribution in [1.82, 2.24) is 29.4 Å². The maximum Gasteiger partial charge on any atom is 0.312 e. The molecule has 1 fully saturated rings. The lowest BCUT2D eigenvalue weighted by Gasteiger charge is -2.32. The summed E-state index contributed by atoms with van der Waals surface area (Å²) in [6.45, 7) is 3.43. The first kappa shape index (κ1) is 18.6. The first-order chi connectivity index (χ1) is 12.3. The molecule has 0 radical (unpaired) electrons. The summed E-state index contributed by atoms with van der Waals surface area (Å²) in [5.74, 6) is -0.953. The van der Waals surface area contributed by atoms with Crippen molar-refractivity contribution in [2.24, 2.45) is 7.05 Å². The lowest BCUT2D eigenvalue weighted by Crippen LogP contribution is -2.47. The normalized spacial score (nSPS) is 15.3. The van der Waals surface area contributed by atoms with Crippen molar-refractivity contribution in [3.8, 4) is 0 Å². The molecule has 0 saturated carbocycles. The topological polar surface area (TPSA) is 76.3 Å². The molecule has 0 aliphatic carbocycles. The van der Waals surface area contributed by atoms with Crippen LogP contribution in [0, 0.1) is 6.92 Å². The zero-order chi connectivity index (χ0) is 18.8. The highest BCUT2D eigenvalue weighted by Gasteiger charge is 2.30. The van der Waals surface area contributed by atoms with Crippen LogP contribution in [-0.2, 0) is 23.2 Å². The Morgan fingerprint density at radius 3 is 2.54 bits per heavy atom. The molecule has 1 aliphatic heterocycles. The summed E-state index contributed by atoms with van der Waals surface area (Å²) < 4.78 is 4.45. The number of likely N-dealkylation sites (tertiary alicyclic amines) is 1. The fourth-order valence-electron chi connectivity index (χ4n) is 3.17. The van der Waals surface area contributed by atoms with Crippen molar-refractivity contribution in [2.75, 3.05) is 20.1 Å². The molecule has 1 saturated heterocycles. The molecule has 0 aromatic carbocycles. The first-order valence-electron chi connectivity index (χ1n) is 8.58. The van der Waals surface area contributed by atoms with Gasteiger partial charge in [-0.05, 0) is 41.3 Å². The molecule has 140 valence electrons. The maximum atomic E-state index is 12.5. The summed E-state index contributed by atoms with van der Waals surface area (Å²) in [6, 6.07) is 0.282. The molecule has 2 aromatic rings. The molecule has 2 amide bonds. The lowest BCUT2D eigenvalue weighted by atomic mass is 10.1. The summed E-state index contributed by atoms with van der Waals surface area (Å²) in [5.41, 5.74) is 1.85. The predicted molar refractivity (Wildman–Crippen MR) is 99.2 cm³/mol. The van der Waals surface area contributed by atoms with Gasteiger partial charge in [-0.3, -0.25) is 19.0 Å². The number of carbonyl (C=O) groups excluding carboxylic acids is 2. The number of nitrogens with zero attached hydrogens (tertiary/aromatic N) is 6. The van der Waals surface area contributed by atoms with E-state index in [1.54, 1.807) is 16.6 Å². The number of aryl methyl sites for hydroxylation is 2. The number of hydrogen-bond donors (Lipinski definition) is 0. The fourth-order valence-corrected chi connectivity index (χ4v) is 3.67. The minimum absolute atomic E-state index is 0.282. The van der Waals surface area contributed by atoms with Gasteiger partial charge in [-0.2, -0.15) is 10.2 Å². The third-order valence-corrected chi connectivity index (χ3v) is 5.29. The number of aromatic nitrogens is 4. The van der Waals surface area contributed by atoms with Crippen LogP contribution in [0.1, 0.15) is 30.1 Å². The summed E-state index contributed by atoms with van der Waals surface area (Å²) >= 11 is 3.41. The average Bonchev–Trinajstić information content (AvgIpc) is 3.19. The van der Waals surface area contributed by atoms with Crippen molar-refractivity contribution in [3.05, 3.63) is 34.3 Å². The van der Waals surface area contributed by atoms with Gasteiger partial charge in [0, 0.05) is 39.6 Å². The van der Waals surface area contributed by atoms with Crippen LogP contribution in [0.4, 0.5) is 0 Å². The van der Waals surface area contributed by atoms with Gasteiger partial charge >= 0.3 is 11.8 Å². The highest BCUT2D eigenvalue weighted by atomic mass is 79.9. The third kappa shape index (κ3) is 3.98. The van der Waals surface area contributed by atoms with Gasteiger partial charge in [0.2, 0.25) is 0 Å². The molecule has 1 aliphatic rings. The number of hydrogen-bond acceptors (Lipinski definition) is 4. The molecular weight excluding hydrogens is 400 g/mol. The van der Waals surface area contributed by atoms with Crippen LogP contribution in [0.3, 0.4) is 0 Å². The van der Waals surface area contributed by atoms with E-state index in [0.29, 0.717) is 13.1 Å². The molecule has 3 heterocycles. The van der Waals surface area contributed by atoms with Crippen molar-refractivity contribution in [2.45, 2.75) is 32.4 Å². The molecule has 3 rings (SSSR count). The molecule has 0 atom stereocenters. The second kappa shape index (κ2) is 7.61. The highest BCUT2D eigenvalue weighted by molar-refractivity contribution is 9.10. The van der Waals surface area contributed by atoms with Crippen LogP contribution in [0.2, 0.25) is 0 Å². The highest BCUT2D eigenvalue weighted by Crippen LogP contribution is 2.22. The summed E-state index contributed by atoms with van der Waals surface area (Å²) in [4.78, 5) is 28.1. The van der Waals surface area contributed by atoms with E-state index in [9.17, 15) is 9.59 Å². The van der Waals surface area contributed by atoms with E-state index >= 15 is 0 Å². The van der Waals surface area contributed by atoms with Crippen LogP contribution in [0.5, 0.6) is 0 Å². The average molecular weight is 423 g/mol. The van der Waals surface area contributed by atoms with Crippen molar-refractivity contribution in [1.29, 1.82) is 0 Å². The van der Waals surface area contributed by atoms with Gasteiger partial charge in [-0.1, -0.05) is 0 Å². The van der Waals surface area contributed by atoms with E-state index in [0.717, 1.165) is 28.6 Å². The smallest absolute Gasteiger partial charge is 0.312 e. The Hall–Kier alpha value is -2.16. The zero-order valence-electron chi connectivity index (χ0n) is 15.2. The standard InChI is InChI=1S/C17H23BrN6O2/c1-12-8-19-24(9-12)13-4-6-23(7-5-13)17(26)16(25)21(2)11-15-14(18)10-22(3)20-15/h8-10,13H,4-7,11H2,1-3H3. The maximum absolute atomic E-state index is 12.5. The SMILES string of the molecule is Cc1cnn(C2CCN(C(=O)C(=O)N(C)Cc3nn(C)cc3Br)CC2)c1. The van der Waals surface area contributed by atoms with Crippen LogP contribution >= 0.6 is 15.9 Å². The monoisotopic (exact) mass is 422 g/mol. The molecule has 8 nitrogen and oxygen atoms in total. The van der Waals surface area contributed by atoms with E-state index in [1.165, 1.54) is 4.90 Å². The van der Waals surface area contributed by atoms with Crippen LogP contribution in [-0.4, -0.2) is 61.3 Å². The largest absolute Gasteiger partial charge is 0.334 e. The van der Waals surface area contributed by atoms with Crippen molar-refractivity contribution < 1.29 is 9.59 Å². The zero-order valence-corrected chi connectivity index (χ0v) is 16.8. The second-order valence-electron chi connectivity index (χ2n) is 6.78. The number of halogens is 1. The molecule has 0 unspecified atom stereocenters. The summed E-state index contributed by atoms with van der Waals surface area (Å²) in [7, 11) is 3.44. The van der Waals surface area contributed by atoms with Crippen molar-refractivity contribution in [3.63, 3.8) is 0 Å². The number of amides is 2. The van der Waals surface area contributed by atoms with E-state index in [2.05, 4.69) is 26.1 Å². The minimum Gasteiger partial charge on any atom is -0.334 e. The Morgan fingerprint density at radius 2 is 2.00 bits per heavy atom. The van der Waals surface area contributed by atoms with Gasteiger partial charge in [0.1, 0.15) is 0 Å². The van der Waals surface area contributed by atoms with Crippen molar-refractivity contribution >= 4 is 27.7 Å². The van der Waals surface area contributed by atoms with Crippen LogP contribution in [0.15, 0.2) is 23.1 Å². The Labute approximate surface area is 160 Å². The van der Waals surface area contributed by atoms with E-state index in [4.69, 9.17) is 0 Å².